The third-order valence-corrected chi connectivity index (χ3v) is 11.9. The molecule has 0 bridgehead atoms. The van der Waals surface area contributed by atoms with Crippen molar-refractivity contribution in [1.29, 1.82) is 0 Å². The van der Waals surface area contributed by atoms with Crippen molar-refractivity contribution in [3.63, 3.8) is 0 Å². The average Bonchev–Trinajstić information content (AvgIpc) is 3.24. The van der Waals surface area contributed by atoms with E-state index < -0.39 is 11.5 Å². The van der Waals surface area contributed by atoms with Gasteiger partial charge in [0.15, 0.2) is 0 Å². The molecule has 284 valence electrons. The summed E-state index contributed by atoms with van der Waals surface area (Å²) in [6, 6.07) is 35.8. The second kappa shape index (κ2) is 12.9. The summed E-state index contributed by atoms with van der Waals surface area (Å²) in [6.45, 7) is 27.1. The quantitative estimate of drug-likeness (QED) is 0.191. The van der Waals surface area contributed by atoms with Crippen molar-refractivity contribution in [2.75, 3.05) is 0 Å². The van der Waals surface area contributed by atoms with E-state index in [0.29, 0.717) is 0 Å². The molecule has 6 aromatic rings. The van der Waals surface area contributed by atoms with Crippen molar-refractivity contribution < 1.29 is 9.90 Å². The van der Waals surface area contributed by atoms with Crippen LogP contribution in [-0.4, -0.2) is 16.6 Å². The van der Waals surface area contributed by atoms with Gasteiger partial charge >= 0.3 is 5.97 Å². The van der Waals surface area contributed by atoms with E-state index in [1.807, 2.05) is 0 Å². The summed E-state index contributed by atoms with van der Waals surface area (Å²) in [5.41, 5.74) is 18.9. The molecule has 1 aliphatic carbocycles. The Hall–Kier alpha value is -4.73. The molecule has 0 spiro atoms. The van der Waals surface area contributed by atoms with Gasteiger partial charge in [0.2, 0.25) is 0 Å². The summed E-state index contributed by atoms with van der Waals surface area (Å²) in [4.78, 5) is 13.7. The second-order valence-electron chi connectivity index (χ2n) is 20.4. The molecule has 0 aliphatic heterocycles. The van der Waals surface area contributed by atoms with Crippen LogP contribution in [0.2, 0.25) is 0 Å². The number of hydrogen-bond acceptors (Lipinski definition) is 2. The van der Waals surface area contributed by atoms with E-state index in [9.17, 15) is 9.90 Å². The van der Waals surface area contributed by atoms with Crippen LogP contribution in [0.5, 0.6) is 0 Å². The van der Waals surface area contributed by atoms with Gasteiger partial charge in [-0.25, -0.2) is 0 Å². The lowest BCUT2D eigenvalue weighted by molar-refractivity contribution is -0.143. The highest BCUT2D eigenvalue weighted by Gasteiger charge is 2.41. The summed E-state index contributed by atoms with van der Waals surface area (Å²) in [7, 11) is 0. The van der Waals surface area contributed by atoms with Crippen LogP contribution >= 0.6 is 0 Å². The summed E-state index contributed by atoms with van der Waals surface area (Å²) in [5.74, 6) is -0.984. The van der Waals surface area contributed by atoms with Crippen LogP contribution < -0.4 is 5.73 Å². The first-order valence-corrected chi connectivity index (χ1v) is 19.9. The molecule has 1 aliphatic rings. The Labute approximate surface area is 329 Å². The third kappa shape index (κ3) is 7.02. The van der Waals surface area contributed by atoms with E-state index in [4.69, 9.17) is 5.73 Å². The number of rotatable bonds is 3. The predicted molar refractivity (Wildman–Crippen MR) is 235 cm³/mol. The minimum atomic E-state index is -1.56. The van der Waals surface area contributed by atoms with Gasteiger partial charge in [-0.15, -0.1) is 0 Å². The maximum Gasteiger partial charge on any atom is 0.324 e. The second-order valence-corrected chi connectivity index (χ2v) is 20.4. The topological polar surface area (TPSA) is 63.3 Å². The number of carboxylic acids is 1. The molecule has 0 saturated heterocycles. The fourth-order valence-electron chi connectivity index (χ4n) is 8.38. The van der Waals surface area contributed by atoms with Gasteiger partial charge in [0, 0.05) is 12.8 Å². The molecule has 3 nitrogen and oxygen atoms in total. The van der Waals surface area contributed by atoms with Gasteiger partial charge in [-0.2, -0.15) is 0 Å². The number of aliphatic carboxylic acids is 1. The first-order chi connectivity index (χ1) is 25.5. The average molecular weight is 730 g/mol. The minimum Gasteiger partial charge on any atom is -0.480 e. The lowest BCUT2D eigenvalue weighted by Crippen LogP contribution is -2.51. The van der Waals surface area contributed by atoms with Gasteiger partial charge in [0.05, 0.1) is 0 Å². The standard InChI is InChI=1S/C52H59NO2/c1-48(2,3)35-21-33(22-36(27-35)49(4,5)6)41-25-31-17-13-15-19-39(31)45-43(41)29-52(53,47(54)55)30-44-42(26-32-18-14-16-20-40(32)46(44)45)34-23-37(50(7,8)9)28-38(24-34)51(10,11)12/h13-28H,29-30,53H2,1-12H3,(H,54,55). The molecule has 6 aromatic carbocycles. The summed E-state index contributed by atoms with van der Waals surface area (Å²) < 4.78 is 0. The van der Waals surface area contributed by atoms with Crippen LogP contribution in [0.15, 0.2) is 97.1 Å². The zero-order valence-corrected chi connectivity index (χ0v) is 35.1. The molecule has 3 N–H and O–H groups in total. The molecule has 0 aromatic heterocycles. The molecule has 55 heavy (non-hydrogen) atoms. The van der Waals surface area contributed by atoms with Crippen LogP contribution in [0.25, 0.3) is 54.9 Å². The number of fused-ring (bicyclic) bond motifs is 7. The Balaban J connectivity index is 1.70. The molecule has 7 rings (SSSR count). The van der Waals surface area contributed by atoms with Gasteiger partial charge in [0.1, 0.15) is 5.54 Å². The summed E-state index contributed by atoms with van der Waals surface area (Å²) >= 11 is 0. The fourth-order valence-corrected chi connectivity index (χ4v) is 8.38. The van der Waals surface area contributed by atoms with E-state index in [1.165, 1.54) is 22.3 Å². The van der Waals surface area contributed by atoms with Crippen LogP contribution in [0.4, 0.5) is 0 Å². The molecule has 0 radical (unpaired) electrons. The van der Waals surface area contributed by atoms with Crippen LogP contribution in [0.1, 0.15) is 116 Å². The maximum absolute atomic E-state index is 13.7. The number of benzene rings is 6. The lowest BCUT2D eigenvalue weighted by Gasteiger charge is -2.28. The number of nitrogens with two attached hydrogens (primary N) is 1. The molecule has 0 saturated carbocycles. The molecular formula is C52H59NO2. The van der Waals surface area contributed by atoms with Gasteiger partial charge in [-0.05, 0) is 122 Å². The Kier molecular flexibility index (Phi) is 9.05. The van der Waals surface area contributed by atoms with Crippen LogP contribution in [0, 0.1) is 0 Å². The normalized spacial score (nSPS) is 14.8. The monoisotopic (exact) mass is 729 g/mol. The van der Waals surface area contributed by atoms with Crippen molar-refractivity contribution in [3.8, 4) is 33.4 Å². The Bertz CT molecular complexity index is 2280. The van der Waals surface area contributed by atoms with Crippen molar-refractivity contribution >= 4 is 27.5 Å². The van der Waals surface area contributed by atoms with Gasteiger partial charge < -0.3 is 10.8 Å². The highest BCUT2D eigenvalue weighted by molar-refractivity contribution is 6.12. The minimum absolute atomic E-state index is 0.0896. The number of carbonyl (C=O) groups is 1. The van der Waals surface area contributed by atoms with Gasteiger partial charge in [0.25, 0.3) is 0 Å². The summed E-state index contributed by atoms with van der Waals surface area (Å²) in [5, 5.41) is 15.7. The van der Waals surface area contributed by atoms with Crippen molar-refractivity contribution in [2.45, 2.75) is 123 Å². The van der Waals surface area contributed by atoms with E-state index in [-0.39, 0.29) is 34.5 Å². The molecule has 0 fully saturated rings. The zero-order valence-electron chi connectivity index (χ0n) is 35.1. The van der Waals surface area contributed by atoms with Crippen molar-refractivity contribution in [3.05, 3.63) is 130 Å². The van der Waals surface area contributed by atoms with E-state index in [1.54, 1.807) is 0 Å². The number of carboxylic acid groups (broad SMARTS) is 1. The predicted octanol–water partition coefficient (Wildman–Crippen LogP) is 13.1. The largest absolute Gasteiger partial charge is 0.480 e. The highest BCUT2D eigenvalue weighted by Crippen LogP contribution is 2.51. The molecule has 0 atom stereocenters. The lowest BCUT2D eigenvalue weighted by atomic mass is 9.76. The van der Waals surface area contributed by atoms with Crippen LogP contribution in [-0.2, 0) is 39.3 Å². The Morgan fingerprint density at radius 1 is 0.509 bits per heavy atom. The fraction of sp³-hybridized carbons (Fsp3) is 0.365. The molecular weight excluding hydrogens is 671 g/mol. The molecule has 0 amide bonds. The summed E-state index contributed by atoms with van der Waals surface area (Å²) in [6.07, 6.45) is 0.389. The van der Waals surface area contributed by atoms with Crippen LogP contribution in [0.3, 0.4) is 0 Å². The van der Waals surface area contributed by atoms with Gasteiger partial charge in [-0.1, -0.05) is 168 Å². The third-order valence-electron chi connectivity index (χ3n) is 11.9. The van der Waals surface area contributed by atoms with E-state index >= 15 is 0 Å². The SMILES string of the molecule is CC(C)(C)c1cc(-c2cc3ccccc3c3c2CC(N)(C(=O)O)Cc2c(-c4cc(C(C)(C)C)cc(C(C)(C)C)c4)cc4ccccc4c2-3)cc(C(C)(C)C)c1. The number of hydrogen-bond donors (Lipinski definition) is 2. The smallest absolute Gasteiger partial charge is 0.324 e. The highest BCUT2D eigenvalue weighted by atomic mass is 16.4. The first-order valence-electron chi connectivity index (χ1n) is 19.9. The molecule has 3 heteroatoms. The van der Waals surface area contributed by atoms with Crippen molar-refractivity contribution in [1.82, 2.24) is 0 Å². The zero-order chi connectivity index (χ0) is 40.0. The Morgan fingerprint density at radius 2 is 0.818 bits per heavy atom. The van der Waals surface area contributed by atoms with E-state index in [0.717, 1.165) is 66.1 Å². The molecule has 0 heterocycles. The first kappa shape index (κ1) is 38.5. The van der Waals surface area contributed by atoms with Gasteiger partial charge in [-0.3, -0.25) is 4.79 Å². The molecule has 0 unspecified atom stereocenters. The van der Waals surface area contributed by atoms with E-state index in [2.05, 4.69) is 180 Å². The Morgan fingerprint density at radius 3 is 1.11 bits per heavy atom. The van der Waals surface area contributed by atoms with Crippen molar-refractivity contribution in [2.24, 2.45) is 5.73 Å². The maximum atomic E-state index is 13.7.